The molecule has 0 aromatic carbocycles. The van der Waals surface area contributed by atoms with Crippen molar-refractivity contribution < 1.29 is 29.6 Å². The summed E-state index contributed by atoms with van der Waals surface area (Å²) in [5.74, 6) is -2.16. The number of allylic oxidation sites excluding steroid dienone is 2. The molecule has 8 heteroatoms. The molecule has 230 valence electrons. The van der Waals surface area contributed by atoms with E-state index in [1.807, 2.05) is 6.92 Å². The zero-order chi connectivity index (χ0) is 30.3. The number of carboxylic acid groups (broad SMARTS) is 1. The van der Waals surface area contributed by atoms with Crippen molar-refractivity contribution in [3.8, 4) is 0 Å². The molecule has 0 aromatic rings. The van der Waals surface area contributed by atoms with Crippen LogP contribution in [0.3, 0.4) is 0 Å². The van der Waals surface area contributed by atoms with Crippen LogP contribution < -0.4 is 11.5 Å². The zero-order valence-corrected chi connectivity index (χ0v) is 25.8. The lowest BCUT2D eigenvalue weighted by molar-refractivity contribution is -0.206. The Hall–Kier alpha value is -1.74. The van der Waals surface area contributed by atoms with Crippen LogP contribution in [0.1, 0.15) is 106 Å². The summed E-state index contributed by atoms with van der Waals surface area (Å²) in [5.41, 5.74) is 15.4. The van der Waals surface area contributed by atoms with Gasteiger partial charge in [-0.05, 0) is 119 Å². The maximum Gasteiger partial charge on any atom is 0.331 e. The highest BCUT2D eigenvalue weighted by Crippen LogP contribution is 2.70. The molecule has 5 saturated carbocycles. The molecular weight excluding hydrogens is 520 g/mol. The van der Waals surface area contributed by atoms with Gasteiger partial charge in [0.15, 0.2) is 0 Å². The molecule has 0 radical (unpaired) electrons. The summed E-state index contributed by atoms with van der Waals surface area (Å²) < 4.78 is 5.95. The van der Waals surface area contributed by atoms with E-state index in [1.54, 1.807) is 0 Å². The van der Waals surface area contributed by atoms with E-state index in [2.05, 4.69) is 27.7 Å². The Balaban J connectivity index is 1.64. The van der Waals surface area contributed by atoms with Gasteiger partial charge in [0, 0.05) is 29.5 Å². The van der Waals surface area contributed by atoms with Crippen molar-refractivity contribution in [2.45, 2.75) is 135 Å². The molecule has 5 aliphatic rings. The summed E-state index contributed by atoms with van der Waals surface area (Å²) in [6, 6.07) is 0. The first-order valence-electron chi connectivity index (χ1n) is 15.7. The predicted octanol–water partition coefficient (Wildman–Crippen LogP) is 4.22. The number of ether oxygens (including phenoxy) is 1. The second kappa shape index (κ2) is 10.2. The number of carbonyl (C=O) groups is 2. The van der Waals surface area contributed by atoms with Gasteiger partial charge in [-0.15, -0.1) is 0 Å². The Morgan fingerprint density at radius 2 is 1.68 bits per heavy atom. The lowest BCUT2D eigenvalue weighted by Gasteiger charge is -2.69. The fourth-order valence-corrected chi connectivity index (χ4v) is 10.9. The second-order valence-corrected chi connectivity index (χ2v) is 15.2. The highest BCUT2D eigenvalue weighted by atomic mass is 16.5. The van der Waals surface area contributed by atoms with Crippen LogP contribution in [0.5, 0.6) is 0 Å². The van der Waals surface area contributed by atoms with Crippen molar-refractivity contribution in [3.63, 3.8) is 0 Å². The van der Waals surface area contributed by atoms with E-state index >= 15 is 0 Å². The molecule has 11 atom stereocenters. The number of esters is 1. The molecular formula is C33H52N2O6. The Labute approximate surface area is 245 Å². The number of rotatable bonds is 3. The van der Waals surface area contributed by atoms with Crippen molar-refractivity contribution in [2.75, 3.05) is 0 Å². The van der Waals surface area contributed by atoms with E-state index in [1.165, 1.54) is 18.1 Å². The van der Waals surface area contributed by atoms with Gasteiger partial charge in [0.25, 0.3) is 0 Å². The van der Waals surface area contributed by atoms with Gasteiger partial charge in [0.1, 0.15) is 6.10 Å². The van der Waals surface area contributed by atoms with Crippen LogP contribution in [0.2, 0.25) is 0 Å². The van der Waals surface area contributed by atoms with Crippen LogP contribution in [0.25, 0.3) is 0 Å². The fourth-order valence-electron chi connectivity index (χ4n) is 10.9. The predicted molar refractivity (Wildman–Crippen MR) is 156 cm³/mol. The first kappa shape index (κ1) is 30.7. The number of aliphatic hydroxyl groups is 2. The number of aliphatic carboxylic acids is 1. The van der Waals surface area contributed by atoms with Crippen LogP contribution in [0.15, 0.2) is 22.3 Å². The number of hydrogen-bond donors (Lipinski definition) is 5. The van der Waals surface area contributed by atoms with E-state index in [0.717, 1.165) is 32.1 Å². The molecule has 41 heavy (non-hydrogen) atoms. The molecule has 0 saturated heterocycles. The van der Waals surface area contributed by atoms with Gasteiger partial charge in [-0.25, -0.2) is 4.79 Å². The first-order valence-corrected chi connectivity index (χ1v) is 15.7. The minimum Gasteiger partial charge on any atom is -0.478 e. The van der Waals surface area contributed by atoms with Gasteiger partial charge in [-0.3, -0.25) is 4.79 Å². The topological polar surface area (TPSA) is 156 Å². The van der Waals surface area contributed by atoms with E-state index in [9.17, 15) is 24.9 Å². The van der Waals surface area contributed by atoms with Gasteiger partial charge in [-0.1, -0.05) is 25.0 Å². The quantitative estimate of drug-likeness (QED) is 0.191. The molecule has 1 unspecified atom stereocenters. The number of hydrogen-bond acceptors (Lipinski definition) is 7. The normalized spacial score (nSPS) is 48.9. The number of carbonyl (C=O) groups excluding carboxylic acids is 1. The maximum absolute atomic E-state index is 13.1. The highest BCUT2D eigenvalue weighted by molar-refractivity contribution is 5.89. The van der Waals surface area contributed by atoms with Crippen LogP contribution >= 0.6 is 0 Å². The lowest BCUT2D eigenvalue weighted by atomic mass is 9.38. The molecule has 0 bridgehead atoms. The third-order valence-electron chi connectivity index (χ3n) is 12.8. The van der Waals surface area contributed by atoms with Crippen LogP contribution in [-0.4, -0.2) is 56.6 Å². The summed E-state index contributed by atoms with van der Waals surface area (Å²) in [4.78, 5) is 25.5. The molecule has 5 fully saturated rings. The molecule has 0 heterocycles. The van der Waals surface area contributed by atoms with E-state index in [-0.39, 0.29) is 29.1 Å². The SMILES string of the molecule is CC(=O)O[C@H]1C[C@@]2(C)[C@@H](C[C@@H](O)[C@H]3[C@@]4(C)CC[C@@H](O)[C@](C)(N)[C@@H]4CC[C@@]32N)/C1=C(/C(=O)O)C1CCCC(=C(C)C)C1. The molecule has 0 aromatic heterocycles. The van der Waals surface area contributed by atoms with Gasteiger partial charge in [-0.2, -0.15) is 0 Å². The Kier molecular flexibility index (Phi) is 7.62. The second-order valence-electron chi connectivity index (χ2n) is 15.2. The minimum absolute atomic E-state index is 0.00443. The molecule has 0 amide bonds. The average molecular weight is 573 g/mol. The van der Waals surface area contributed by atoms with Crippen molar-refractivity contribution in [1.82, 2.24) is 0 Å². The average Bonchev–Trinajstić information content (AvgIpc) is 3.13. The lowest BCUT2D eigenvalue weighted by Crippen LogP contribution is -2.77. The summed E-state index contributed by atoms with van der Waals surface area (Å²) in [6.45, 7) is 11.8. The van der Waals surface area contributed by atoms with Crippen molar-refractivity contribution in [3.05, 3.63) is 22.3 Å². The van der Waals surface area contributed by atoms with Gasteiger partial charge < -0.3 is 31.5 Å². The van der Waals surface area contributed by atoms with Crippen molar-refractivity contribution in [2.24, 2.45) is 46.0 Å². The smallest absolute Gasteiger partial charge is 0.331 e. The Bertz CT molecular complexity index is 1170. The van der Waals surface area contributed by atoms with Gasteiger partial charge in [0.2, 0.25) is 0 Å². The van der Waals surface area contributed by atoms with E-state index in [4.69, 9.17) is 16.2 Å². The first-order chi connectivity index (χ1) is 19.0. The molecule has 7 N–H and O–H groups in total. The molecule has 0 spiro atoms. The summed E-state index contributed by atoms with van der Waals surface area (Å²) in [7, 11) is 0. The monoisotopic (exact) mass is 572 g/mol. The van der Waals surface area contributed by atoms with Crippen LogP contribution in [0.4, 0.5) is 0 Å². The van der Waals surface area contributed by atoms with E-state index < -0.39 is 46.7 Å². The molecule has 0 aliphatic heterocycles. The van der Waals surface area contributed by atoms with Gasteiger partial charge >= 0.3 is 11.9 Å². The molecule has 8 nitrogen and oxygen atoms in total. The van der Waals surface area contributed by atoms with Crippen molar-refractivity contribution in [1.29, 1.82) is 0 Å². The molecule has 5 rings (SSSR count). The summed E-state index contributed by atoms with van der Waals surface area (Å²) in [5, 5.41) is 33.6. The standard InChI is InChI=1S/C33H52N2O6/c1-17(2)19-8-7-9-20(14-19)26(29(39)40)27-21-15-22(37)28-30(4)12-11-25(38)32(6,34)24(30)10-13-33(28,35)31(21,5)16-23(27)41-18(3)36/h20-25,28,37-38H,7-16,34-35H2,1-6H3,(H,39,40)/b27-26-/t20?,21-,22+,23-,24+,25+,28-,30-,31-,32+,33+/m0/s1. The molecule has 5 aliphatic carbocycles. The summed E-state index contributed by atoms with van der Waals surface area (Å²) >= 11 is 0. The van der Waals surface area contributed by atoms with Crippen LogP contribution in [0, 0.1) is 34.5 Å². The number of carboxylic acids is 1. The highest BCUT2D eigenvalue weighted by Gasteiger charge is 2.72. The minimum atomic E-state index is -0.958. The fraction of sp³-hybridized carbons (Fsp3) is 0.818. The van der Waals surface area contributed by atoms with Crippen LogP contribution in [-0.2, 0) is 14.3 Å². The number of fused-ring (bicyclic) bond motifs is 5. The third kappa shape index (κ3) is 4.46. The summed E-state index contributed by atoms with van der Waals surface area (Å²) in [6.07, 6.45) is 4.72. The number of aliphatic hydroxyl groups excluding tert-OH is 2. The third-order valence-corrected chi connectivity index (χ3v) is 12.8. The van der Waals surface area contributed by atoms with E-state index in [0.29, 0.717) is 43.3 Å². The maximum atomic E-state index is 13.1. The Morgan fingerprint density at radius 1 is 1.00 bits per heavy atom. The van der Waals surface area contributed by atoms with Gasteiger partial charge in [0.05, 0.1) is 12.2 Å². The number of nitrogens with two attached hydrogens (primary N) is 2. The van der Waals surface area contributed by atoms with Crippen molar-refractivity contribution >= 4 is 11.9 Å². The largest absolute Gasteiger partial charge is 0.478 e. The zero-order valence-electron chi connectivity index (χ0n) is 25.8. The Morgan fingerprint density at radius 3 is 2.29 bits per heavy atom.